The van der Waals surface area contributed by atoms with Gasteiger partial charge < -0.3 is 19.9 Å². The number of nitrogens with zero attached hydrogens (tertiary/aromatic N) is 4. The van der Waals surface area contributed by atoms with Crippen molar-refractivity contribution >= 4 is 23.2 Å². The minimum atomic E-state index is -1.75. The summed E-state index contributed by atoms with van der Waals surface area (Å²) in [5.74, 6) is 0.111. The van der Waals surface area contributed by atoms with E-state index in [0.29, 0.717) is 36.5 Å². The molecule has 181 valence electrons. The molecule has 0 spiro atoms. The number of nitriles is 1. The lowest BCUT2D eigenvalue weighted by molar-refractivity contribution is -0.150. The van der Waals surface area contributed by atoms with E-state index in [1.807, 2.05) is 13.8 Å². The molecule has 1 saturated carbocycles. The van der Waals surface area contributed by atoms with E-state index in [1.54, 1.807) is 12.1 Å². The van der Waals surface area contributed by atoms with Crippen molar-refractivity contribution in [3.05, 3.63) is 30.6 Å². The molecule has 2 N–H and O–H groups in total. The average Bonchev–Trinajstić information content (AvgIpc) is 3.38. The monoisotopic (exact) mass is 468 g/mol. The van der Waals surface area contributed by atoms with E-state index in [0.717, 1.165) is 19.3 Å². The van der Waals surface area contributed by atoms with E-state index in [9.17, 15) is 20.0 Å². The van der Waals surface area contributed by atoms with Crippen molar-refractivity contribution in [3.8, 4) is 6.07 Å². The number of hydrogen-bond donors (Lipinski definition) is 2. The van der Waals surface area contributed by atoms with Crippen molar-refractivity contribution in [1.82, 2.24) is 14.6 Å². The first-order valence-corrected chi connectivity index (χ1v) is 11.8. The lowest BCUT2D eigenvalue weighted by Crippen LogP contribution is -2.37. The van der Waals surface area contributed by atoms with Gasteiger partial charge >= 0.3 is 5.97 Å². The van der Waals surface area contributed by atoms with Gasteiger partial charge in [-0.2, -0.15) is 10.4 Å². The number of carbonyl (C=O) groups is 2. The van der Waals surface area contributed by atoms with Crippen LogP contribution in [0.1, 0.15) is 58.1 Å². The molecule has 0 aromatic carbocycles. The third kappa shape index (κ3) is 4.50. The third-order valence-electron chi connectivity index (χ3n) is 6.84. The van der Waals surface area contributed by atoms with Crippen molar-refractivity contribution in [1.29, 1.82) is 5.26 Å². The molecule has 3 heterocycles. The van der Waals surface area contributed by atoms with Gasteiger partial charge in [0.2, 0.25) is 11.5 Å². The standard InChI is InChI=1S/C24H30N5O5/c1-3-16(4-2)23(32)28-22-18-8-9-19(29(18)27-14-26-22)24(13-25)20(30)11-17(34-24)12-33-21(31)10-15-6-5-7-15/h8-9,11,14-17,20,30H,3-7,10,12H2,1-2H3,(H,26,27,28,32)/t17-,20-,24+/m1/s1. The molecule has 10 heteroatoms. The Morgan fingerprint density at radius 2 is 2.15 bits per heavy atom. The quantitative estimate of drug-likeness (QED) is 0.535. The van der Waals surface area contributed by atoms with Gasteiger partial charge in [0.15, 0.2) is 5.82 Å². The van der Waals surface area contributed by atoms with Crippen LogP contribution >= 0.6 is 0 Å². The van der Waals surface area contributed by atoms with Gasteiger partial charge in [0.05, 0.1) is 5.69 Å². The first-order chi connectivity index (χ1) is 16.4. The molecule has 2 aromatic rings. The van der Waals surface area contributed by atoms with Crippen LogP contribution in [0.15, 0.2) is 18.5 Å². The highest BCUT2D eigenvalue weighted by Crippen LogP contribution is 2.40. The number of fused-ring (bicyclic) bond motifs is 1. The fraction of sp³-hybridized carbons (Fsp3) is 0.583. The van der Waals surface area contributed by atoms with Crippen LogP contribution in [0.4, 0.5) is 5.82 Å². The molecule has 10 nitrogen and oxygen atoms in total. The Bertz CT molecular complexity index is 1090. The number of aliphatic hydroxyl groups excluding tert-OH is 1. The molecule has 1 aliphatic carbocycles. The predicted molar refractivity (Wildman–Crippen MR) is 121 cm³/mol. The summed E-state index contributed by atoms with van der Waals surface area (Å²) < 4.78 is 12.7. The molecule has 2 fully saturated rings. The number of carbonyl (C=O) groups excluding carboxylic acids is 2. The molecular formula is C24H30N5O5. The maximum absolute atomic E-state index is 12.6. The second-order valence-electron chi connectivity index (χ2n) is 8.95. The molecule has 3 atom stereocenters. The van der Waals surface area contributed by atoms with Crippen molar-refractivity contribution in [2.45, 2.75) is 70.2 Å². The van der Waals surface area contributed by atoms with E-state index < -0.39 is 17.8 Å². The van der Waals surface area contributed by atoms with E-state index in [4.69, 9.17) is 9.47 Å². The molecular weight excluding hydrogens is 438 g/mol. The molecule has 34 heavy (non-hydrogen) atoms. The highest BCUT2D eigenvalue weighted by Gasteiger charge is 2.52. The van der Waals surface area contributed by atoms with E-state index in [-0.39, 0.29) is 30.1 Å². The smallest absolute Gasteiger partial charge is 0.306 e. The van der Waals surface area contributed by atoms with E-state index in [2.05, 4.69) is 21.5 Å². The first-order valence-electron chi connectivity index (χ1n) is 11.8. The summed E-state index contributed by atoms with van der Waals surface area (Å²) in [5.41, 5.74) is -0.988. The number of aromatic nitrogens is 3. The zero-order valence-electron chi connectivity index (χ0n) is 19.4. The van der Waals surface area contributed by atoms with Crippen LogP contribution in [0.2, 0.25) is 0 Å². The molecule has 1 saturated heterocycles. The summed E-state index contributed by atoms with van der Waals surface area (Å²) in [6, 6.07) is 5.35. The molecule has 2 aromatic heterocycles. The van der Waals surface area contributed by atoms with Gasteiger partial charge in [0.1, 0.15) is 36.7 Å². The van der Waals surface area contributed by atoms with Gasteiger partial charge in [-0.3, -0.25) is 9.59 Å². The van der Waals surface area contributed by atoms with Crippen molar-refractivity contribution in [3.63, 3.8) is 0 Å². The molecule has 4 rings (SSSR count). The SMILES string of the molecule is CCC(CC)C(=O)Nc1ncnn2c([C@]3(C#N)O[C@@H](COC(=O)CC4CCC4)[CH][C@H]3O)ccc12. The highest BCUT2D eigenvalue weighted by molar-refractivity contribution is 5.95. The lowest BCUT2D eigenvalue weighted by atomic mass is 9.83. The van der Waals surface area contributed by atoms with Gasteiger partial charge in [-0.05, 0) is 43.7 Å². The van der Waals surface area contributed by atoms with Crippen LogP contribution in [0, 0.1) is 29.6 Å². The Balaban J connectivity index is 1.52. The van der Waals surface area contributed by atoms with Crippen LogP contribution in [0.3, 0.4) is 0 Å². The minimum absolute atomic E-state index is 0.0823. The van der Waals surface area contributed by atoms with Gasteiger partial charge in [-0.15, -0.1) is 0 Å². The van der Waals surface area contributed by atoms with E-state index >= 15 is 0 Å². The maximum Gasteiger partial charge on any atom is 0.306 e. The lowest BCUT2D eigenvalue weighted by Gasteiger charge is -2.25. The highest BCUT2D eigenvalue weighted by atomic mass is 16.6. The minimum Gasteiger partial charge on any atom is -0.463 e. The van der Waals surface area contributed by atoms with Crippen LogP contribution in [0.25, 0.3) is 5.52 Å². The third-order valence-corrected chi connectivity index (χ3v) is 6.84. The number of aliphatic hydroxyl groups is 1. The number of esters is 1. The Morgan fingerprint density at radius 3 is 2.79 bits per heavy atom. The number of amides is 1. The summed E-state index contributed by atoms with van der Waals surface area (Å²) in [6.45, 7) is 3.82. The number of hydrogen-bond acceptors (Lipinski definition) is 8. The van der Waals surface area contributed by atoms with Gasteiger partial charge in [-0.25, -0.2) is 9.50 Å². The Morgan fingerprint density at radius 1 is 1.38 bits per heavy atom. The zero-order chi connectivity index (χ0) is 24.3. The summed E-state index contributed by atoms with van der Waals surface area (Å²) in [6.07, 6.45) is 5.72. The molecule has 1 radical (unpaired) electrons. The number of anilines is 1. The Hall–Kier alpha value is -3.03. The first kappa shape index (κ1) is 24.1. The largest absolute Gasteiger partial charge is 0.463 e. The topological polar surface area (TPSA) is 139 Å². The summed E-state index contributed by atoms with van der Waals surface area (Å²) >= 11 is 0. The number of ether oxygens (including phenoxy) is 2. The molecule has 1 amide bonds. The Kier molecular flexibility index (Phi) is 7.14. The maximum atomic E-state index is 12.6. The van der Waals surface area contributed by atoms with Crippen molar-refractivity contribution in [2.75, 3.05) is 11.9 Å². The molecule has 2 aliphatic rings. The second kappa shape index (κ2) is 10.1. The molecule has 0 unspecified atom stereocenters. The van der Waals surface area contributed by atoms with Crippen LogP contribution < -0.4 is 5.32 Å². The zero-order valence-corrected chi connectivity index (χ0v) is 19.4. The summed E-state index contributed by atoms with van der Waals surface area (Å²) in [7, 11) is 0. The average molecular weight is 469 g/mol. The normalized spacial score (nSPS) is 24.7. The van der Waals surface area contributed by atoms with Crippen molar-refractivity contribution in [2.24, 2.45) is 11.8 Å². The molecule has 0 bridgehead atoms. The Labute approximate surface area is 198 Å². The second-order valence-corrected chi connectivity index (χ2v) is 8.95. The predicted octanol–water partition coefficient (Wildman–Crippen LogP) is 2.52. The van der Waals surface area contributed by atoms with E-state index in [1.165, 1.54) is 17.3 Å². The summed E-state index contributed by atoms with van der Waals surface area (Å²) in [5, 5.41) is 27.9. The molecule has 1 aliphatic heterocycles. The van der Waals surface area contributed by atoms with Crippen LogP contribution in [-0.4, -0.2) is 50.4 Å². The van der Waals surface area contributed by atoms with Gasteiger partial charge in [0, 0.05) is 18.8 Å². The number of rotatable bonds is 9. The fourth-order valence-corrected chi connectivity index (χ4v) is 4.49. The fourth-order valence-electron chi connectivity index (χ4n) is 4.49. The number of nitrogens with one attached hydrogen (secondary N) is 1. The van der Waals surface area contributed by atoms with Gasteiger partial charge in [0.25, 0.3) is 0 Å². The van der Waals surface area contributed by atoms with Crippen LogP contribution in [0.5, 0.6) is 0 Å². The van der Waals surface area contributed by atoms with Crippen molar-refractivity contribution < 1.29 is 24.2 Å². The van der Waals surface area contributed by atoms with Crippen LogP contribution in [-0.2, 0) is 24.7 Å². The summed E-state index contributed by atoms with van der Waals surface area (Å²) in [4.78, 5) is 28.8. The van der Waals surface area contributed by atoms with Gasteiger partial charge in [-0.1, -0.05) is 20.3 Å².